The molecule has 0 saturated heterocycles. The van der Waals surface area contributed by atoms with E-state index in [1.54, 1.807) is 0 Å². The lowest BCUT2D eigenvalue weighted by atomic mass is 9.91. The predicted octanol–water partition coefficient (Wildman–Crippen LogP) is 3.33. The van der Waals surface area contributed by atoms with Crippen LogP contribution in [0.3, 0.4) is 0 Å². The first-order chi connectivity index (χ1) is 7.66. The molecule has 0 heterocycles. The van der Waals surface area contributed by atoms with Crippen LogP contribution in [0.1, 0.15) is 31.2 Å². The van der Waals surface area contributed by atoms with Gasteiger partial charge in [-0.2, -0.15) is 0 Å². The summed E-state index contributed by atoms with van der Waals surface area (Å²) in [6.07, 6.45) is 4.65. The summed E-state index contributed by atoms with van der Waals surface area (Å²) in [6.45, 7) is 2.05. The van der Waals surface area contributed by atoms with Gasteiger partial charge in [-0.25, -0.2) is 0 Å². The molecule has 0 amide bonds. The third kappa shape index (κ3) is 2.69. The van der Waals surface area contributed by atoms with E-state index >= 15 is 0 Å². The summed E-state index contributed by atoms with van der Waals surface area (Å²) in [5.41, 5.74) is 8.25. The van der Waals surface area contributed by atoms with E-state index in [4.69, 9.17) is 17.3 Å². The van der Waals surface area contributed by atoms with E-state index in [1.165, 1.54) is 12.8 Å². The van der Waals surface area contributed by atoms with Crippen LogP contribution in [0, 0.1) is 6.92 Å². The maximum atomic E-state index is 6.10. The Balaban J connectivity index is 2.05. The van der Waals surface area contributed by atoms with Crippen LogP contribution in [0.4, 0.5) is 5.69 Å². The Bertz CT molecular complexity index is 365. The Hall–Kier alpha value is -0.730. The average Bonchev–Trinajstić information content (AvgIpc) is 2.25. The second-order valence-electron chi connectivity index (χ2n) is 4.68. The number of hydrogen-bond acceptors (Lipinski definition) is 2. The fourth-order valence-corrected chi connectivity index (χ4v) is 2.52. The minimum absolute atomic E-state index is 0.353. The fourth-order valence-electron chi connectivity index (χ4n) is 2.34. The third-order valence-corrected chi connectivity index (χ3v) is 3.75. The van der Waals surface area contributed by atoms with Gasteiger partial charge in [-0.05, 0) is 50.3 Å². The van der Waals surface area contributed by atoms with Crippen LogP contribution in [0.15, 0.2) is 18.2 Å². The Morgan fingerprint density at radius 2 is 2.19 bits per heavy atom. The van der Waals surface area contributed by atoms with Crippen LogP contribution >= 0.6 is 11.6 Å². The zero-order valence-electron chi connectivity index (χ0n) is 9.67. The summed E-state index contributed by atoms with van der Waals surface area (Å²) < 4.78 is 0. The molecule has 1 aliphatic carbocycles. The van der Waals surface area contributed by atoms with Crippen molar-refractivity contribution < 1.29 is 0 Å². The molecule has 0 bridgehead atoms. The first-order valence-corrected chi connectivity index (χ1v) is 6.32. The van der Waals surface area contributed by atoms with E-state index < -0.39 is 0 Å². The van der Waals surface area contributed by atoms with Gasteiger partial charge in [0.05, 0.1) is 0 Å². The number of benzene rings is 1. The van der Waals surface area contributed by atoms with Gasteiger partial charge in [-0.1, -0.05) is 17.7 Å². The Labute approximate surface area is 102 Å². The van der Waals surface area contributed by atoms with Gasteiger partial charge in [0.25, 0.3) is 0 Å². The highest BCUT2D eigenvalue weighted by Crippen LogP contribution is 2.26. The van der Waals surface area contributed by atoms with E-state index in [9.17, 15) is 0 Å². The Kier molecular flexibility index (Phi) is 3.72. The lowest BCUT2D eigenvalue weighted by molar-refractivity contribution is 0.409. The van der Waals surface area contributed by atoms with Crippen LogP contribution in [-0.4, -0.2) is 12.1 Å². The van der Waals surface area contributed by atoms with E-state index in [1.807, 2.05) is 19.1 Å². The summed E-state index contributed by atoms with van der Waals surface area (Å²) >= 11 is 6.10. The summed E-state index contributed by atoms with van der Waals surface area (Å²) in [4.78, 5) is 0. The molecule has 1 fully saturated rings. The van der Waals surface area contributed by atoms with E-state index in [0.717, 1.165) is 29.1 Å². The second kappa shape index (κ2) is 5.07. The van der Waals surface area contributed by atoms with Crippen molar-refractivity contribution in [3.63, 3.8) is 0 Å². The highest BCUT2D eigenvalue weighted by Gasteiger charge is 2.19. The summed E-state index contributed by atoms with van der Waals surface area (Å²) in [7, 11) is 0. The molecule has 2 atom stereocenters. The minimum atomic E-state index is 0.353. The number of hydrogen-bond donors (Lipinski definition) is 2. The van der Waals surface area contributed by atoms with Crippen LogP contribution in [0.5, 0.6) is 0 Å². The molecule has 2 rings (SSSR count). The van der Waals surface area contributed by atoms with Crippen molar-refractivity contribution in [1.29, 1.82) is 0 Å². The Morgan fingerprint density at radius 1 is 1.38 bits per heavy atom. The first-order valence-electron chi connectivity index (χ1n) is 5.94. The standard InChI is InChI=1S/C13H19ClN2/c1-9-12(14)6-3-7-13(9)16-11-5-2-4-10(15)8-11/h3,6-7,10-11,16H,2,4-5,8,15H2,1H3. The normalized spacial score (nSPS) is 25.4. The molecule has 2 nitrogen and oxygen atoms in total. The number of nitrogens with one attached hydrogen (secondary N) is 1. The van der Waals surface area contributed by atoms with Crippen molar-refractivity contribution in [3.05, 3.63) is 28.8 Å². The molecule has 1 aliphatic rings. The molecule has 0 spiro atoms. The van der Waals surface area contributed by atoms with Gasteiger partial charge in [-0.3, -0.25) is 0 Å². The quantitative estimate of drug-likeness (QED) is 0.830. The largest absolute Gasteiger partial charge is 0.382 e. The first kappa shape index (κ1) is 11.7. The number of halogens is 1. The van der Waals surface area contributed by atoms with Gasteiger partial charge in [0.15, 0.2) is 0 Å². The highest BCUT2D eigenvalue weighted by atomic mass is 35.5. The number of rotatable bonds is 2. The van der Waals surface area contributed by atoms with Crippen LogP contribution in [0.25, 0.3) is 0 Å². The summed E-state index contributed by atoms with van der Waals surface area (Å²) in [5, 5.41) is 4.38. The van der Waals surface area contributed by atoms with E-state index in [-0.39, 0.29) is 0 Å². The summed E-state index contributed by atoms with van der Waals surface area (Å²) in [6, 6.07) is 6.85. The maximum absolute atomic E-state index is 6.10. The van der Waals surface area contributed by atoms with Crippen molar-refractivity contribution in [1.82, 2.24) is 0 Å². The van der Waals surface area contributed by atoms with Crippen molar-refractivity contribution in [2.75, 3.05) is 5.32 Å². The number of nitrogens with two attached hydrogens (primary N) is 1. The van der Waals surface area contributed by atoms with Gasteiger partial charge in [0.2, 0.25) is 0 Å². The third-order valence-electron chi connectivity index (χ3n) is 3.34. The van der Waals surface area contributed by atoms with Crippen molar-refractivity contribution in [2.24, 2.45) is 5.73 Å². The molecule has 3 N–H and O–H groups in total. The van der Waals surface area contributed by atoms with Crippen molar-refractivity contribution in [3.8, 4) is 0 Å². The van der Waals surface area contributed by atoms with E-state index in [0.29, 0.717) is 12.1 Å². The molecule has 0 aliphatic heterocycles. The minimum Gasteiger partial charge on any atom is -0.382 e. The Morgan fingerprint density at radius 3 is 2.94 bits per heavy atom. The molecule has 0 aromatic heterocycles. The molecule has 1 aromatic rings. The zero-order chi connectivity index (χ0) is 11.5. The maximum Gasteiger partial charge on any atom is 0.0455 e. The van der Waals surface area contributed by atoms with Gasteiger partial charge in [-0.15, -0.1) is 0 Å². The van der Waals surface area contributed by atoms with Gasteiger partial charge in [0, 0.05) is 22.8 Å². The molecule has 0 radical (unpaired) electrons. The zero-order valence-corrected chi connectivity index (χ0v) is 10.4. The average molecular weight is 239 g/mol. The van der Waals surface area contributed by atoms with Crippen LogP contribution < -0.4 is 11.1 Å². The topological polar surface area (TPSA) is 38.0 Å². The molecule has 88 valence electrons. The molecule has 1 aromatic carbocycles. The van der Waals surface area contributed by atoms with Crippen LogP contribution in [-0.2, 0) is 0 Å². The fraction of sp³-hybridized carbons (Fsp3) is 0.538. The molecule has 2 unspecified atom stereocenters. The molecule has 1 saturated carbocycles. The van der Waals surface area contributed by atoms with Crippen molar-refractivity contribution in [2.45, 2.75) is 44.7 Å². The van der Waals surface area contributed by atoms with E-state index in [2.05, 4.69) is 11.4 Å². The van der Waals surface area contributed by atoms with Crippen molar-refractivity contribution >= 4 is 17.3 Å². The SMILES string of the molecule is Cc1c(Cl)cccc1NC1CCCC(N)C1. The summed E-state index contributed by atoms with van der Waals surface area (Å²) in [5.74, 6) is 0. The van der Waals surface area contributed by atoms with Crippen LogP contribution in [0.2, 0.25) is 5.02 Å². The molecular weight excluding hydrogens is 220 g/mol. The molecule has 3 heteroatoms. The van der Waals surface area contributed by atoms with Gasteiger partial charge >= 0.3 is 0 Å². The predicted molar refractivity (Wildman–Crippen MR) is 70.0 cm³/mol. The smallest absolute Gasteiger partial charge is 0.0455 e. The monoisotopic (exact) mass is 238 g/mol. The molecule has 16 heavy (non-hydrogen) atoms. The van der Waals surface area contributed by atoms with Gasteiger partial charge < -0.3 is 11.1 Å². The number of anilines is 1. The second-order valence-corrected chi connectivity index (χ2v) is 5.09. The lowest BCUT2D eigenvalue weighted by Gasteiger charge is -2.28. The van der Waals surface area contributed by atoms with Gasteiger partial charge in [0.1, 0.15) is 0 Å². The molecular formula is C13H19ClN2. The highest BCUT2D eigenvalue weighted by molar-refractivity contribution is 6.31. The lowest BCUT2D eigenvalue weighted by Crippen LogP contribution is -2.35.